The van der Waals surface area contributed by atoms with E-state index in [-0.39, 0.29) is 13.5 Å². The van der Waals surface area contributed by atoms with Gasteiger partial charge in [0.05, 0.1) is 8.80 Å². The Morgan fingerprint density at radius 1 is 1.29 bits per heavy atom. The fraction of sp³-hybridized carbons (Fsp3) is 0.200. The third kappa shape index (κ3) is 5.63. The molecule has 0 unspecified atom stereocenters. The molecule has 0 amide bonds. The molecule has 0 aliphatic heterocycles. The van der Waals surface area contributed by atoms with E-state index in [1.807, 2.05) is 11.4 Å². The Morgan fingerprint density at radius 2 is 1.57 bits per heavy atom. The van der Waals surface area contributed by atoms with Gasteiger partial charge in [-0.1, -0.05) is 17.9 Å². The summed E-state index contributed by atoms with van der Waals surface area (Å²) in [6, 6.07) is 0. The molecule has 0 aromatic heterocycles. The molecule has 0 aromatic carbocycles. The lowest BCUT2D eigenvalue weighted by Crippen LogP contribution is -1.93. The second-order valence-electron chi connectivity index (χ2n) is 1.15. The molecule has 0 heterocycles. The maximum absolute atomic E-state index is 3.61. The molecule has 0 nitrogen and oxygen atoms in total. The highest BCUT2D eigenvalue weighted by atomic mass is 28.3. The smallest absolute Gasteiger partial charge is 0.0985 e. The van der Waals surface area contributed by atoms with Gasteiger partial charge in [-0.05, 0) is 0 Å². The lowest BCUT2D eigenvalue weighted by molar-refractivity contribution is 1.11. The highest BCUT2D eigenvalue weighted by molar-refractivity contribution is 6.67. The standard InChI is InChI=1S/C5H9Si.FH/c1-4-6(3)5-2;/h4-5H,1-2H2,3H3;1H. The van der Waals surface area contributed by atoms with Crippen LogP contribution in [0.4, 0.5) is 4.70 Å². The fourth-order valence-corrected chi connectivity index (χ4v) is 0.250. The molecule has 0 aliphatic rings. The molecule has 0 aromatic rings. The van der Waals surface area contributed by atoms with E-state index in [2.05, 4.69) is 19.7 Å². The van der Waals surface area contributed by atoms with Gasteiger partial charge in [-0.25, -0.2) is 0 Å². The first kappa shape index (κ1) is 9.80. The van der Waals surface area contributed by atoms with Crippen molar-refractivity contribution in [3.8, 4) is 0 Å². The molecule has 0 bridgehead atoms. The van der Waals surface area contributed by atoms with E-state index in [1.54, 1.807) is 0 Å². The van der Waals surface area contributed by atoms with Crippen molar-refractivity contribution in [1.82, 2.24) is 0 Å². The Balaban J connectivity index is 0. The van der Waals surface area contributed by atoms with E-state index < -0.39 is 0 Å². The van der Waals surface area contributed by atoms with Crippen molar-refractivity contribution in [3.05, 3.63) is 24.6 Å². The van der Waals surface area contributed by atoms with Gasteiger partial charge in [0.2, 0.25) is 0 Å². The van der Waals surface area contributed by atoms with Crippen LogP contribution in [0.15, 0.2) is 24.6 Å². The van der Waals surface area contributed by atoms with Crippen LogP contribution >= 0.6 is 0 Å². The molecule has 0 N–H and O–H groups in total. The quantitative estimate of drug-likeness (QED) is 0.483. The lowest BCUT2D eigenvalue weighted by Gasteiger charge is -1.84. The minimum atomic E-state index is -0.341. The lowest BCUT2D eigenvalue weighted by atomic mass is 11.2. The zero-order valence-corrected chi connectivity index (χ0v) is 5.48. The van der Waals surface area contributed by atoms with Gasteiger partial charge < -0.3 is 0 Å². The minimum Gasteiger partial charge on any atom is -0.269 e. The summed E-state index contributed by atoms with van der Waals surface area (Å²) in [6.45, 7) is 9.35. The van der Waals surface area contributed by atoms with Crippen molar-refractivity contribution in [2.75, 3.05) is 0 Å². The fourth-order valence-electron chi connectivity index (χ4n) is 0.0833. The number of rotatable bonds is 2. The van der Waals surface area contributed by atoms with E-state index in [1.165, 1.54) is 0 Å². The van der Waals surface area contributed by atoms with E-state index >= 15 is 0 Å². The predicted molar refractivity (Wildman–Crippen MR) is 34.5 cm³/mol. The Morgan fingerprint density at radius 3 is 1.57 bits per heavy atom. The van der Waals surface area contributed by atoms with Gasteiger partial charge in [-0.3, -0.25) is 4.70 Å². The molecule has 0 atom stereocenters. The van der Waals surface area contributed by atoms with Crippen LogP contribution in [0.25, 0.3) is 0 Å². The molecule has 7 heavy (non-hydrogen) atoms. The van der Waals surface area contributed by atoms with Gasteiger partial charge in [-0.15, -0.1) is 13.2 Å². The molecule has 0 spiro atoms. The molecule has 0 fully saturated rings. The monoisotopic (exact) mass is 117 g/mol. The van der Waals surface area contributed by atoms with Crippen molar-refractivity contribution in [2.45, 2.75) is 6.55 Å². The van der Waals surface area contributed by atoms with E-state index in [4.69, 9.17) is 0 Å². The van der Waals surface area contributed by atoms with Gasteiger partial charge in [-0.2, -0.15) is 0 Å². The van der Waals surface area contributed by atoms with Crippen molar-refractivity contribution < 1.29 is 4.70 Å². The Kier molecular flexibility index (Phi) is 7.88. The van der Waals surface area contributed by atoms with Gasteiger partial charge in [0.1, 0.15) is 0 Å². The zero-order chi connectivity index (χ0) is 4.99. The first-order valence-corrected chi connectivity index (χ1v) is 4.05. The van der Waals surface area contributed by atoms with Crippen LogP contribution in [0, 0.1) is 0 Å². The third-order valence-electron chi connectivity index (χ3n) is 0.644. The van der Waals surface area contributed by atoms with Gasteiger partial charge in [0.25, 0.3) is 0 Å². The SMILES string of the molecule is C=C[Si](C)C=C.F. The zero-order valence-electron chi connectivity index (χ0n) is 4.48. The van der Waals surface area contributed by atoms with Crippen LogP contribution in [0.1, 0.15) is 0 Å². The van der Waals surface area contributed by atoms with Crippen LogP contribution in [-0.2, 0) is 0 Å². The molecule has 41 valence electrons. The second kappa shape index (κ2) is 5.63. The Bertz CT molecular complexity index is 53.1. The average molecular weight is 117 g/mol. The highest BCUT2D eigenvalue weighted by Crippen LogP contribution is 1.78. The highest BCUT2D eigenvalue weighted by Gasteiger charge is 1.83. The Labute approximate surface area is 45.5 Å². The summed E-state index contributed by atoms with van der Waals surface area (Å²) in [6.07, 6.45) is 0. The van der Waals surface area contributed by atoms with Gasteiger partial charge >= 0.3 is 0 Å². The molecule has 0 aliphatic carbocycles. The largest absolute Gasteiger partial charge is 0.269 e. The van der Waals surface area contributed by atoms with Crippen LogP contribution in [0.3, 0.4) is 0 Å². The first-order valence-electron chi connectivity index (χ1n) is 1.89. The molecule has 2 heteroatoms. The van der Waals surface area contributed by atoms with Gasteiger partial charge in [0, 0.05) is 0 Å². The summed E-state index contributed by atoms with van der Waals surface area (Å²) in [7, 11) is -0.341. The van der Waals surface area contributed by atoms with Crippen molar-refractivity contribution in [3.63, 3.8) is 0 Å². The molecule has 0 saturated carbocycles. The van der Waals surface area contributed by atoms with Gasteiger partial charge in [0.15, 0.2) is 0 Å². The van der Waals surface area contributed by atoms with Crippen molar-refractivity contribution in [2.24, 2.45) is 0 Å². The molecular weight excluding hydrogens is 107 g/mol. The van der Waals surface area contributed by atoms with E-state index in [0.717, 1.165) is 0 Å². The average Bonchev–Trinajstić information content (AvgIpc) is 1.65. The van der Waals surface area contributed by atoms with Crippen LogP contribution in [-0.4, -0.2) is 8.80 Å². The van der Waals surface area contributed by atoms with Crippen LogP contribution < -0.4 is 0 Å². The van der Waals surface area contributed by atoms with Crippen molar-refractivity contribution in [1.29, 1.82) is 0 Å². The topological polar surface area (TPSA) is 0 Å². The molecule has 1 radical (unpaired) electrons. The van der Waals surface area contributed by atoms with Crippen LogP contribution in [0.5, 0.6) is 0 Å². The number of hydrogen-bond acceptors (Lipinski definition) is 0. The van der Waals surface area contributed by atoms with Crippen LogP contribution in [0.2, 0.25) is 6.55 Å². The molecule has 0 saturated heterocycles. The maximum Gasteiger partial charge on any atom is 0.0985 e. The van der Waals surface area contributed by atoms with E-state index in [9.17, 15) is 0 Å². The molecular formula is C5H10FSi. The summed E-state index contributed by atoms with van der Waals surface area (Å²) < 4.78 is 0. The number of halogens is 1. The Hall–Kier alpha value is -0.373. The summed E-state index contributed by atoms with van der Waals surface area (Å²) >= 11 is 0. The first-order chi connectivity index (χ1) is 2.81. The van der Waals surface area contributed by atoms with E-state index in [0.29, 0.717) is 0 Å². The second-order valence-corrected chi connectivity index (χ2v) is 3.46. The summed E-state index contributed by atoms with van der Waals surface area (Å²) in [5, 5.41) is 0. The molecule has 0 rings (SSSR count). The summed E-state index contributed by atoms with van der Waals surface area (Å²) in [5.41, 5.74) is 3.91. The number of hydrogen-bond donors (Lipinski definition) is 0. The summed E-state index contributed by atoms with van der Waals surface area (Å²) in [4.78, 5) is 0. The minimum absolute atomic E-state index is 0. The van der Waals surface area contributed by atoms with Crippen molar-refractivity contribution >= 4 is 8.80 Å². The predicted octanol–water partition coefficient (Wildman–Crippen LogP) is 1.71. The normalized spacial score (nSPS) is 7.14. The third-order valence-corrected chi connectivity index (χ3v) is 1.93. The maximum atomic E-state index is 3.61. The summed E-state index contributed by atoms with van der Waals surface area (Å²) in [5.74, 6) is 0.